The number of hydrogen-bond acceptors (Lipinski definition) is 2. The number of hydrogen-bond donors (Lipinski definition) is 2. The quantitative estimate of drug-likeness (QED) is 0.638. The molecule has 2 N–H and O–H groups in total. The topological polar surface area (TPSA) is 49.3 Å². The van der Waals surface area contributed by atoms with Gasteiger partial charge in [-0.05, 0) is 12.1 Å². The second kappa shape index (κ2) is 2.47. The predicted octanol–water partition coefficient (Wildman–Crippen LogP) is 1.33. The minimum Gasteiger partial charge on any atom is -0.378 e. The number of anilines is 1. The van der Waals surface area contributed by atoms with Crippen molar-refractivity contribution < 1.29 is 9.90 Å². The SMILES string of the molecule is O=C1Nc2cccc(Cl)c2C1O. The Morgan fingerprint density at radius 1 is 1.50 bits per heavy atom. The first-order valence-electron chi connectivity index (χ1n) is 3.47. The summed E-state index contributed by atoms with van der Waals surface area (Å²) >= 11 is 5.78. The Morgan fingerprint density at radius 2 is 2.25 bits per heavy atom. The van der Waals surface area contributed by atoms with Gasteiger partial charge >= 0.3 is 0 Å². The molecule has 1 aliphatic rings. The molecule has 0 fully saturated rings. The van der Waals surface area contributed by atoms with E-state index in [1.807, 2.05) is 0 Å². The molecule has 4 heteroatoms. The minimum absolute atomic E-state index is 0.415. The van der Waals surface area contributed by atoms with Crippen LogP contribution in [0.15, 0.2) is 18.2 Å². The van der Waals surface area contributed by atoms with Crippen LogP contribution in [0.25, 0.3) is 0 Å². The molecule has 0 spiro atoms. The van der Waals surface area contributed by atoms with Crippen LogP contribution < -0.4 is 5.32 Å². The summed E-state index contributed by atoms with van der Waals surface area (Å²) in [6, 6.07) is 5.07. The third-order valence-electron chi connectivity index (χ3n) is 1.83. The summed E-state index contributed by atoms with van der Waals surface area (Å²) in [6.45, 7) is 0. The minimum atomic E-state index is -1.12. The number of rotatable bonds is 0. The van der Waals surface area contributed by atoms with E-state index in [-0.39, 0.29) is 0 Å². The van der Waals surface area contributed by atoms with Crippen LogP contribution in [0.5, 0.6) is 0 Å². The number of benzene rings is 1. The number of aliphatic hydroxyl groups is 1. The van der Waals surface area contributed by atoms with Crippen molar-refractivity contribution in [3.05, 3.63) is 28.8 Å². The van der Waals surface area contributed by atoms with E-state index in [1.54, 1.807) is 18.2 Å². The molecule has 1 amide bonds. The van der Waals surface area contributed by atoms with E-state index < -0.39 is 12.0 Å². The van der Waals surface area contributed by atoms with Gasteiger partial charge in [0.1, 0.15) is 0 Å². The molecule has 1 aromatic rings. The molecule has 3 nitrogen and oxygen atoms in total. The molecule has 1 aliphatic heterocycles. The number of amides is 1. The van der Waals surface area contributed by atoms with E-state index in [4.69, 9.17) is 11.6 Å². The summed E-state index contributed by atoms with van der Waals surface area (Å²) in [5, 5.41) is 12.3. The fraction of sp³-hybridized carbons (Fsp3) is 0.125. The molecular formula is C8H6ClNO2. The molecule has 0 radical (unpaired) electrons. The Balaban J connectivity index is 2.62. The van der Waals surface area contributed by atoms with Gasteiger partial charge in [0.05, 0.1) is 0 Å². The molecule has 0 aliphatic carbocycles. The number of carbonyl (C=O) groups excluding carboxylic acids is 1. The van der Waals surface area contributed by atoms with Crippen LogP contribution >= 0.6 is 11.6 Å². The Morgan fingerprint density at radius 3 is 2.92 bits per heavy atom. The zero-order valence-corrected chi connectivity index (χ0v) is 6.80. The van der Waals surface area contributed by atoms with Crippen molar-refractivity contribution in [1.29, 1.82) is 0 Å². The first kappa shape index (κ1) is 7.58. The fourth-order valence-corrected chi connectivity index (χ4v) is 1.53. The van der Waals surface area contributed by atoms with Crippen LogP contribution in [0.3, 0.4) is 0 Å². The second-order valence-corrected chi connectivity index (χ2v) is 3.00. The third kappa shape index (κ3) is 0.906. The maximum Gasteiger partial charge on any atom is 0.257 e. The van der Waals surface area contributed by atoms with Crippen LogP contribution in [0.1, 0.15) is 11.7 Å². The second-order valence-electron chi connectivity index (χ2n) is 2.59. The summed E-state index contributed by atoms with van der Waals surface area (Å²) in [7, 11) is 0. The molecule has 0 saturated heterocycles. The highest BCUT2D eigenvalue weighted by Crippen LogP contribution is 2.35. The number of carbonyl (C=O) groups is 1. The molecule has 0 saturated carbocycles. The number of fused-ring (bicyclic) bond motifs is 1. The molecule has 1 unspecified atom stereocenters. The first-order chi connectivity index (χ1) is 5.70. The summed E-state index contributed by atoms with van der Waals surface area (Å²) in [5.74, 6) is -0.418. The van der Waals surface area contributed by atoms with Gasteiger partial charge in [0, 0.05) is 16.3 Å². The van der Waals surface area contributed by atoms with Gasteiger partial charge in [0.15, 0.2) is 6.10 Å². The van der Waals surface area contributed by atoms with Gasteiger partial charge in [0.25, 0.3) is 5.91 Å². The smallest absolute Gasteiger partial charge is 0.257 e. The van der Waals surface area contributed by atoms with Crippen molar-refractivity contribution in [3.63, 3.8) is 0 Å². The molecule has 12 heavy (non-hydrogen) atoms. The zero-order valence-electron chi connectivity index (χ0n) is 6.04. The number of halogens is 1. The highest BCUT2D eigenvalue weighted by atomic mass is 35.5. The van der Waals surface area contributed by atoms with E-state index >= 15 is 0 Å². The lowest BCUT2D eigenvalue weighted by Gasteiger charge is -2.01. The van der Waals surface area contributed by atoms with Crippen LogP contribution in [0, 0.1) is 0 Å². The average molecular weight is 184 g/mol. The van der Waals surface area contributed by atoms with Crippen LogP contribution in [-0.4, -0.2) is 11.0 Å². The molecule has 1 heterocycles. The van der Waals surface area contributed by atoms with E-state index in [0.717, 1.165) is 0 Å². The molecule has 0 bridgehead atoms. The van der Waals surface area contributed by atoms with Crippen LogP contribution in [0.4, 0.5) is 5.69 Å². The van der Waals surface area contributed by atoms with Crippen molar-refractivity contribution in [1.82, 2.24) is 0 Å². The predicted molar refractivity (Wildman–Crippen MR) is 45.0 cm³/mol. The van der Waals surface area contributed by atoms with Crippen LogP contribution in [-0.2, 0) is 4.79 Å². The molecule has 62 valence electrons. The molecular weight excluding hydrogens is 178 g/mol. The number of nitrogens with one attached hydrogen (secondary N) is 1. The van der Waals surface area contributed by atoms with Crippen LogP contribution in [0.2, 0.25) is 5.02 Å². The average Bonchev–Trinajstić information content (AvgIpc) is 2.29. The van der Waals surface area contributed by atoms with Crippen molar-refractivity contribution in [2.45, 2.75) is 6.10 Å². The number of aliphatic hydroxyl groups excluding tert-OH is 1. The Labute approximate surface area is 74.0 Å². The molecule has 0 aromatic heterocycles. The van der Waals surface area contributed by atoms with Gasteiger partial charge in [-0.1, -0.05) is 17.7 Å². The standard InChI is InChI=1S/C8H6ClNO2/c9-4-2-1-3-5-6(4)7(11)8(12)10-5/h1-3,7,11H,(H,10,12). The maximum absolute atomic E-state index is 11.0. The molecule has 2 rings (SSSR count). The van der Waals surface area contributed by atoms with E-state index in [2.05, 4.69) is 5.32 Å². The lowest BCUT2D eigenvalue weighted by atomic mass is 10.1. The summed E-state index contributed by atoms with van der Waals surface area (Å²) < 4.78 is 0. The lowest BCUT2D eigenvalue weighted by molar-refractivity contribution is -0.123. The highest BCUT2D eigenvalue weighted by Gasteiger charge is 2.30. The van der Waals surface area contributed by atoms with Crippen molar-refractivity contribution in [2.75, 3.05) is 5.32 Å². The van der Waals surface area contributed by atoms with Gasteiger partial charge < -0.3 is 10.4 Å². The lowest BCUT2D eigenvalue weighted by Crippen LogP contribution is -2.10. The van der Waals surface area contributed by atoms with Gasteiger partial charge in [0.2, 0.25) is 0 Å². The first-order valence-corrected chi connectivity index (χ1v) is 3.85. The maximum atomic E-state index is 11.0. The fourth-order valence-electron chi connectivity index (χ4n) is 1.26. The largest absolute Gasteiger partial charge is 0.378 e. The van der Waals surface area contributed by atoms with E-state index in [0.29, 0.717) is 16.3 Å². The summed E-state index contributed by atoms with van der Waals surface area (Å²) in [5.41, 5.74) is 1.07. The van der Waals surface area contributed by atoms with Gasteiger partial charge in [-0.15, -0.1) is 0 Å². The summed E-state index contributed by atoms with van der Waals surface area (Å²) in [6.07, 6.45) is -1.12. The van der Waals surface area contributed by atoms with E-state index in [9.17, 15) is 9.90 Å². The Hall–Kier alpha value is -1.06. The summed E-state index contributed by atoms with van der Waals surface area (Å²) in [4.78, 5) is 11.0. The van der Waals surface area contributed by atoms with Gasteiger partial charge in [-0.25, -0.2) is 0 Å². The highest BCUT2D eigenvalue weighted by molar-refractivity contribution is 6.32. The Kier molecular flexibility index (Phi) is 1.56. The van der Waals surface area contributed by atoms with Gasteiger partial charge in [-0.2, -0.15) is 0 Å². The Bertz CT molecular complexity index is 351. The molecule has 1 aromatic carbocycles. The molecule has 1 atom stereocenters. The zero-order chi connectivity index (χ0) is 8.72. The van der Waals surface area contributed by atoms with Gasteiger partial charge in [-0.3, -0.25) is 4.79 Å². The monoisotopic (exact) mass is 183 g/mol. The normalized spacial score (nSPS) is 20.5. The van der Waals surface area contributed by atoms with Crippen molar-refractivity contribution in [3.8, 4) is 0 Å². The third-order valence-corrected chi connectivity index (χ3v) is 2.16. The van der Waals surface area contributed by atoms with Crippen molar-refractivity contribution in [2.24, 2.45) is 0 Å². The van der Waals surface area contributed by atoms with Crippen molar-refractivity contribution >= 4 is 23.2 Å². The van der Waals surface area contributed by atoms with E-state index in [1.165, 1.54) is 0 Å².